The first kappa shape index (κ1) is 13.1. The predicted molar refractivity (Wildman–Crippen MR) is 78.4 cm³/mol. The van der Waals surface area contributed by atoms with E-state index in [4.69, 9.17) is 11.6 Å². The Bertz CT molecular complexity index is 525. The van der Waals surface area contributed by atoms with Crippen LogP contribution in [0.1, 0.15) is 6.42 Å². The molecule has 2 rings (SSSR count). The largest absolute Gasteiger partial charge is 0.384 e. The number of nitrogens with one attached hydrogen (secondary N) is 1. The summed E-state index contributed by atoms with van der Waals surface area (Å²) in [7, 11) is 4.17. The van der Waals surface area contributed by atoms with Crippen LogP contribution in [-0.4, -0.2) is 37.1 Å². The van der Waals surface area contributed by atoms with Gasteiger partial charge >= 0.3 is 0 Å². The fourth-order valence-corrected chi connectivity index (χ4v) is 2.06. The van der Waals surface area contributed by atoms with Crippen molar-refractivity contribution in [1.82, 2.24) is 9.88 Å². The molecular weight excluding hydrogens is 246 g/mol. The van der Waals surface area contributed by atoms with Gasteiger partial charge < -0.3 is 10.2 Å². The molecular formula is C14H18ClN3. The maximum atomic E-state index is 5.97. The molecule has 3 nitrogen and oxygen atoms in total. The summed E-state index contributed by atoms with van der Waals surface area (Å²) in [5.74, 6) is 0. The molecule has 0 amide bonds. The Hall–Kier alpha value is -1.32. The van der Waals surface area contributed by atoms with E-state index in [2.05, 4.69) is 29.3 Å². The summed E-state index contributed by atoms with van der Waals surface area (Å²) in [5.41, 5.74) is 2.05. The summed E-state index contributed by atoms with van der Waals surface area (Å²) < 4.78 is 0. The summed E-state index contributed by atoms with van der Waals surface area (Å²) in [6, 6.07) is 7.81. The van der Waals surface area contributed by atoms with Crippen molar-refractivity contribution in [2.75, 3.05) is 32.5 Å². The van der Waals surface area contributed by atoms with Gasteiger partial charge in [0.2, 0.25) is 0 Å². The number of hydrogen-bond acceptors (Lipinski definition) is 3. The molecule has 1 aromatic carbocycles. The minimum atomic E-state index is 0.722. The van der Waals surface area contributed by atoms with Crippen molar-refractivity contribution in [3.63, 3.8) is 0 Å². The average Bonchev–Trinajstić information content (AvgIpc) is 2.34. The van der Waals surface area contributed by atoms with Crippen LogP contribution < -0.4 is 5.32 Å². The number of aromatic nitrogens is 1. The molecule has 0 aliphatic rings. The molecule has 0 unspecified atom stereocenters. The molecule has 1 aromatic heterocycles. The number of rotatable bonds is 5. The van der Waals surface area contributed by atoms with E-state index in [0.717, 1.165) is 41.1 Å². The smallest absolute Gasteiger partial charge is 0.0737 e. The number of nitrogens with zero attached hydrogens (tertiary/aromatic N) is 2. The van der Waals surface area contributed by atoms with Crippen LogP contribution in [0.3, 0.4) is 0 Å². The second kappa shape index (κ2) is 6.03. The first-order chi connectivity index (χ1) is 8.66. The van der Waals surface area contributed by atoms with Gasteiger partial charge in [-0.05, 0) is 51.3 Å². The van der Waals surface area contributed by atoms with Crippen molar-refractivity contribution in [1.29, 1.82) is 0 Å². The van der Waals surface area contributed by atoms with Crippen LogP contribution in [0.15, 0.2) is 30.5 Å². The van der Waals surface area contributed by atoms with Gasteiger partial charge in [-0.25, -0.2) is 0 Å². The highest BCUT2D eigenvalue weighted by atomic mass is 35.5. The van der Waals surface area contributed by atoms with Crippen LogP contribution in [-0.2, 0) is 0 Å². The van der Waals surface area contributed by atoms with E-state index < -0.39 is 0 Å². The monoisotopic (exact) mass is 263 g/mol. The topological polar surface area (TPSA) is 28.2 Å². The normalized spacial score (nSPS) is 11.1. The van der Waals surface area contributed by atoms with Crippen LogP contribution in [0, 0.1) is 0 Å². The zero-order chi connectivity index (χ0) is 13.0. The number of benzene rings is 1. The number of pyridine rings is 1. The minimum Gasteiger partial charge on any atom is -0.384 e. The van der Waals surface area contributed by atoms with E-state index in [1.165, 1.54) is 0 Å². The van der Waals surface area contributed by atoms with Crippen LogP contribution in [0.4, 0.5) is 5.69 Å². The fraction of sp³-hybridized carbons (Fsp3) is 0.357. The minimum absolute atomic E-state index is 0.722. The third kappa shape index (κ3) is 3.34. The summed E-state index contributed by atoms with van der Waals surface area (Å²) >= 11 is 5.97. The SMILES string of the molecule is CN(C)CCCNc1ccnc2cc(Cl)ccc12. The summed E-state index contributed by atoms with van der Waals surface area (Å²) in [6.07, 6.45) is 2.93. The number of fused-ring (bicyclic) bond motifs is 1. The molecule has 4 heteroatoms. The molecule has 2 aromatic rings. The molecule has 0 saturated carbocycles. The van der Waals surface area contributed by atoms with Crippen molar-refractivity contribution < 1.29 is 0 Å². The summed E-state index contributed by atoms with van der Waals surface area (Å²) in [5, 5.41) is 5.29. The van der Waals surface area contributed by atoms with Crippen molar-refractivity contribution in [2.24, 2.45) is 0 Å². The van der Waals surface area contributed by atoms with Gasteiger partial charge in [0.15, 0.2) is 0 Å². The van der Waals surface area contributed by atoms with E-state index >= 15 is 0 Å². The third-order valence-corrected chi connectivity index (χ3v) is 3.04. The number of anilines is 1. The molecule has 0 aliphatic heterocycles. The van der Waals surface area contributed by atoms with Crippen molar-refractivity contribution >= 4 is 28.2 Å². The summed E-state index contributed by atoms with van der Waals surface area (Å²) in [6.45, 7) is 2.04. The summed E-state index contributed by atoms with van der Waals surface area (Å²) in [4.78, 5) is 6.51. The first-order valence-electron chi connectivity index (χ1n) is 6.10. The van der Waals surface area contributed by atoms with Gasteiger partial charge in [-0.15, -0.1) is 0 Å². The van der Waals surface area contributed by atoms with Gasteiger partial charge in [-0.2, -0.15) is 0 Å². The molecule has 0 spiro atoms. The lowest BCUT2D eigenvalue weighted by Crippen LogP contribution is -2.16. The quantitative estimate of drug-likeness (QED) is 0.840. The first-order valence-corrected chi connectivity index (χ1v) is 6.47. The highest BCUT2D eigenvalue weighted by Crippen LogP contribution is 2.24. The lowest BCUT2D eigenvalue weighted by molar-refractivity contribution is 0.405. The van der Waals surface area contributed by atoms with E-state index in [-0.39, 0.29) is 0 Å². The number of hydrogen-bond donors (Lipinski definition) is 1. The second-order valence-corrected chi connectivity index (χ2v) is 5.04. The van der Waals surface area contributed by atoms with Crippen molar-refractivity contribution in [2.45, 2.75) is 6.42 Å². The molecule has 1 N–H and O–H groups in total. The van der Waals surface area contributed by atoms with Gasteiger partial charge in [0.25, 0.3) is 0 Å². The molecule has 0 radical (unpaired) electrons. The Balaban J connectivity index is 2.08. The van der Waals surface area contributed by atoms with E-state index in [0.29, 0.717) is 0 Å². The maximum Gasteiger partial charge on any atom is 0.0737 e. The molecule has 0 bridgehead atoms. The van der Waals surface area contributed by atoms with E-state index in [1.54, 1.807) is 0 Å². The Kier molecular flexibility index (Phi) is 4.39. The molecule has 0 saturated heterocycles. The van der Waals surface area contributed by atoms with E-state index in [9.17, 15) is 0 Å². The van der Waals surface area contributed by atoms with Crippen molar-refractivity contribution in [3.8, 4) is 0 Å². The van der Waals surface area contributed by atoms with Crippen LogP contribution >= 0.6 is 11.6 Å². The second-order valence-electron chi connectivity index (χ2n) is 4.60. The van der Waals surface area contributed by atoms with Gasteiger partial charge in [-0.1, -0.05) is 11.6 Å². The zero-order valence-corrected chi connectivity index (χ0v) is 11.5. The fourth-order valence-electron chi connectivity index (χ4n) is 1.89. The lowest BCUT2D eigenvalue weighted by atomic mass is 10.2. The van der Waals surface area contributed by atoms with Gasteiger partial charge in [0, 0.05) is 28.8 Å². The molecule has 96 valence electrons. The van der Waals surface area contributed by atoms with Gasteiger partial charge in [-0.3, -0.25) is 4.98 Å². The Morgan fingerprint density at radius 2 is 2.11 bits per heavy atom. The van der Waals surface area contributed by atoms with Gasteiger partial charge in [0.1, 0.15) is 0 Å². The average molecular weight is 264 g/mol. The lowest BCUT2D eigenvalue weighted by Gasteiger charge is -2.12. The molecule has 18 heavy (non-hydrogen) atoms. The highest BCUT2D eigenvalue weighted by Gasteiger charge is 2.02. The van der Waals surface area contributed by atoms with Crippen LogP contribution in [0.5, 0.6) is 0 Å². The van der Waals surface area contributed by atoms with Crippen LogP contribution in [0.25, 0.3) is 10.9 Å². The van der Waals surface area contributed by atoms with E-state index in [1.807, 2.05) is 30.5 Å². The van der Waals surface area contributed by atoms with Crippen molar-refractivity contribution in [3.05, 3.63) is 35.5 Å². The predicted octanol–water partition coefficient (Wildman–Crippen LogP) is 3.25. The highest BCUT2D eigenvalue weighted by molar-refractivity contribution is 6.31. The Labute approximate surface area is 113 Å². The molecule has 0 atom stereocenters. The van der Waals surface area contributed by atoms with Gasteiger partial charge in [0.05, 0.1) is 5.52 Å². The molecule has 1 heterocycles. The standard InChI is InChI=1S/C14H18ClN3/c1-18(2)9-3-7-16-13-6-8-17-14-10-11(15)4-5-12(13)14/h4-6,8,10H,3,7,9H2,1-2H3,(H,16,17). The molecule has 0 aliphatic carbocycles. The zero-order valence-electron chi connectivity index (χ0n) is 10.8. The third-order valence-electron chi connectivity index (χ3n) is 2.80. The maximum absolute atomic E-state index is 5.97. The Morgan fingerprint density at radius 1 is 1.28 bits per heavy atom. The number of halogens is 1. The Morgan fingerprint density at radius 3 is 2.89 bits per heavy atom. The van der Waals surface area contributed by atoms with Crippen LogP contribution in [0.2, 0.25) is 5.02 Å². The molecule has 0 fully saturated rings.